The van der Waals surface area contributed by atoms with E-state index in [-0.39, 0.29) is 18.6 Å². The summed E-state index contributed by atoms with van der Waals surface area (Å²) in [5.41, 5.74) is 5.90. The van der Waals surface area contributed by atoms with Crippen molar-refractivity contribution in [1.82, 2.24) is 10.2 Å². The summed E-state index contributed by atoms with van der Waals surface area (Å²) >= 11 is 0. The van der Waals surface area contributed by atoms with E-state index in [2.05, 4.69) is 5.32 Å². The largest absolute Gasteiger partial charge is 0.484 e. The van der Waals surface area contributed by atoms with Crippen LogP contribution < -0.4 is 15.8 Å². The van der Waals surface area contributed by atoms with Crippen molar-refractivity contribution in [2.45, 2.75) is 13.0 Å². The first kappa shape index (κ1) is 16.0. The van der Waals surface area contributed by atoms with Crippen molar-refractivity contribution in [2.24, 2.45) is 5.73 Å². The average molecular weight is 303 g/mol. The Morgan fingerprint density at radius 3 is 2.77 bits per heavy atom. The first-order chi connectivity index (χ1) is 10.6. The molecule has 1 fully saturated rings. The number of benzene rings is 1. The minimum Gasteiger partial charge on any atom is -0.484 e. The number of carbonyl (C=O) groups is 2. The second-order valence-corrected chi connectivity index (χ2v) is 5.24. The number of nitrogens with two attached hydrogens (primary N) is 1. The molecule has 118 valence electrons. The first-order valence-corrected chi connectivity index (χ1v) is 7.27. The Labute approximate surface area is 129 Å². The molecule has 1 aromatic carbocycles. The molecule has 1 aromatic rings. The van der Waals surface area contributed by atoms with Crippen LogP contribution in [0.2, 0.25) is 0 Å². The van der Waals surface area contributed by atoms with Gasteiger partial charge < -0.3 is 20.7 Å². The number of nitrogens with one attached hydrogen (secondary N) is 1. The van der Waals surface area contributed by atoms with Crippen LogP contribution in [0.15, 0.2) is 30.3 Å². The number of primary amides is 1. The average Bonchev–Trinajstić information content (AvgIpc) is 2.52. The summed E-state index contributed by atoms with van der Waals surface area (Å²) in [6.07, 6.45) is 3.36. The van der Waals surface area contributed by atoms with Gasteiger partial charge in [0.1, 0.15) is 5.75 Å². The summed E-state index contributed by atoms with van der Waals surface area (Å²) in [5, 5.41) is 3.25. The van der Waals surface area contributed by atoms with Gasteiger partial charge in [-0.2, -0.15) is 0 Å². The highest BCUT2D eigenvalue weighted by atomic mass is 16.5. The maximum absolute atomic E-state index is 12.2. The van der Waals surface area contributed by atoms with Gasteiger partial charge >= 0.3 is 0 Å². The van der Waals surface area contributed by atoms with E-state index in [0.29, 0.717) is 5.75 Å². The van der Waals surface area contributed by atoms with Crippen molar-refractivity contribution in [3.05, 3.63) is 35.9 Å². The third-order valence-electron chi connectivity index (χ3n) is 3.46. The van der Waals surface area contributed by atoms with Crippen LogP contribution in [0.4, 0.5) is 0 Å². The van der Waals surface area contributed by atoms with Crippen molar-refractivity contribution in [1.29, 1.82) is 0 Å². The van der Waals surface area contributed by atoms with E-state index in [4.69, 9.17) is 10.5 Å². The van der Waals surface area contributed by atoms with E-state index in [0.717, 1.165) is 25.2 Å². The van der Waals surface area contributed by atoms with Gasteiger partial charge in [0, 0.05) is 31.8 Å². The van der Waals surface area contributed by atoms with E-state index in [9.17, 15) is 9.59 Å². The lowest BCUT2D eigenvalue weighted by atomic mass is 10.2. The zero-order valence-corrected chi connectivity index (χ0v) is 12.6. The maximum atomic E-state index is 12.2. The molecule has 22 heavy (non-hydrogen) atoms. The van der Waals surface area contributed by atoms with Crippen LogP contribution in [0.25, 0.3) is 6.08 Å². The number of hydrogen-bond acceptors (Lipinski definition) is 4. The Hall–Kier alpha value is -2.34. The normalized spacial score (nSPS) is 18.4. The highest BCUT2D eigenvalue weighted by Gasteiger charge is 2.20. The molecule has 1 atom stereocenters. The van der Waals surface area contributed by atoms with Gasteiger partial charge in [0.15, 0.2) is 6.61 Å². The second kappa shape index (κ2) is 7.61. The van der Waals surface area contributed by atoms with E-state index in [1.807, 2.05) is 24.0 Å². The number of hydrogen-bond donors (Lipinski definition) is 2. The quantitative estimate of drug-likeness (QED) is 0.770. The van der Waals surface area contributed by atoms with Gasteiger partial charge in [-0.3, -0.25) is 9.59 Å². The van der Waals surface area contributed by atoms with Crippen LogP contribution >= 0.6 is 0 Å². The fraction of sp³-hybridized carbons (Fsp3) is 0.375. The summed E-state index contributed by atoms with van der Waals surface area (Å²) in [5.74, 6) is 0.0702. The lowest BCUT2D eigenvalue weighted by molar-refractivity contribution is -0.128. The highest BCUT2D eigenvalue weighted by Crippen LogP contribution is 2.13. The minimum atomic E-state index is -0.514. The number of piperazine rings is 1. The summed E-state index contributed by atoms with van der Waals surface area (Å²) in [6, 6.07) is 7.32. The Morgan fingerprint density at radius 1 is 1.41 bits per heavy atom. The lowest BCUT2D eigenvalue weighted by Crippen LogP contribution is -2.51. The number of rotatable bonds is 5. The van der Waals surface area contributed by atoms with Gasteiger partial charge in [-0.25, -0.2) is 0 Å². The Balaban J connectivity index is 1.92. The molecule has 1 saturated heterocycles. The van der Waals surface area contributed by atoms with Crippen molar-refractivity contribution in [2.75, 3.05) is 26.2 Å². The molecule has 3 N–H and O–H groups in total. The topological polar surface area (TPSA) is 84.7 Å². The summed E-state index contributed by atoms with van der Waals surface area (Å²) in [7, 11) is 0. The molecule has 0 spiro atoms. The Bertz CT molecular complexity index is 554. The van der Waals surface area contributed by atoms with Crippen molar-refractivity contribution < 1.29 is 14.3 Å². The standard InChI is InChI=1S/C16H21N3O3/c1-12-10-18-8-9-19(12)16(21)7-4-13-2-5-14(6-3-13)22-11-15(17)20/h2-7,12,18H,8-11H2,1H3,(H2,17,20). The number of carbonyl (C=O) groups excluding carboxylic acids is 2. The molecule has 0 bridgehead atoms. The zero-order valence-electron chi connectivity index (χ0n) is 12.6. The van der Waals surface area contributed by atoms with Gasteiger partial charge in [0.2, 0.25) is 5.91 Å². The first-order valence-electron chi connectivity index (χ1n) is 7.27. The van der Waals surface area contributed by atoms with E-state index in [1.165, 1.54) is 0 Å². The SMILES string of the molecule is CC1CNCCN1C(=O)C=Cc1ccc(OCC(N)=O)cc1. The monoisotopic (exact) mass is 303 g/mol. The fourth-order valence-electron chi connectivity index (χ4n) is 2.26. The van der Waals surface area contributed by atoms with Crippen molar-refractivity contribution >= 4 is 17.9 Å². The van der Waals surface area contributed by atoms with E-state index in [1.54, 1.807) is 24.3 Å². The van der Waals surface area contributed by atoms with Crippen LogP contribution in [0, 0.1) is 0 Å². The summed E-state index contributed by atoms with van der Waals surface area (Å²) in [4.78, 5) is 24.7. The molecule has 0 aliphatic carbocycles. The molecule has 1 aliphatic rings. The van der Waals surface area contributed by atoms with Crippen molar-refractivity contribution in [3.63, 3.8) is 0 Å². The van der Waals surface area contributed by atoms with E-state index < -0.39 is 5.91 Å². The second-order valence-electron chi connectivity index (χ2n) is 5.24. The minimum absolute atomic E-state index is 0.0167. The van der Waals surface area contributed by atoms with Crippen molar-refractivity contribution in [3.8, 4) is 5.75 Å². The molecule has 2 amide bonds. The van der Waals surface area contributed by atoms with Gasteiger partial charge in [-0.1, -0.05) is 12.1 Å². The molecule has 6 nitrogen and oxygen atoms in total. The molecular formula is C16H21N3O3. The van der Waals surface area contributed by atoms with Gasteiger partial charge in [-0.05, 0) is 30.7 Å². The van der Waals surface area contributed by atoms with E-state index >= 15 is 0 Å². The van der Waals surface area contributed by atoms with Gasteiger partial charge in [0.05, 0.1) is 0 Å². The van der Waals surface area contributed by atoms with Crippen LogP contribution in [0.3, 0.4) is 0 Å². The third-order valence-corrected chi connectivity index (χ3v) is 3.46. The fourth-order valence-corrected chi connectivity index (χ4v) is 2.26. The molecule has 2 rings (SSSR count). The third kappa shape index (κ3) is 4.60. The summed E-state index contributed by atoms with van der Waals surface area (Å²) in [6.45, 7) is 4.27. The van der Waals surface area contributed by atoms with Gasteiger partial charge in [-0.15, -0.1) is 0 Å². The molecule has 6 heteroatoms. The van der Waals surface area contributed by atoms with Crippen LogP contribution in [-0.2, 0) is 9.59 Å². The molecule has 1 unspecified atom stereocenters. The number of amides is 2. The number of nitrogens with zero attached hydrogens (tertiary/aromatic N) is 1. The lowest BCUT2D eigenvalue weighted by Gasteiger charge is -2.33. The van der Waals surface area contributed by atoms with Crippen LogP contribution in [-0.4, -0.2) is 49.0 Å². The number of ether oxygens (including phenoxy) is 1. The predicted octanol–water partition coefficient (Wildman–Crippen LogP) is 0.384. The summed E-state index contributed by atoms with van der Waals surface area (Å²) < 4.78 is 5.18. The van der Waals surface area contributed by atoms with Crippen LogP contribution in [0.1, 0.15) is 12.5 Å². The highest BCUT2D eigenvalue weighted by molar-refractivity contribution is 5.92. The predicted molar refractivity (Wildman–Crippen MR) is 84.2 cm³/mol. The molecule has 1 heterocycles. The smallest absolute Gasteiger partial charge is 0.255 e. The molecular weight excluding hydrogens is 282 g/mol. The van der Waals surface area contributed by atoms with Gasteiger partial charge in [0.25, 0.3) is 5.91 Å². The molecule has 1 aliphatic heterocycles. The van der Waals surface area contributed by atoms with Crippen LogP contribution in [0.5, 0.6) is 5.75 Å². The Morgan fingerprint density at radius 2 is 2.14 bits per heavy atom. The zero-order chi connectivity index (χ0) is 15.9. The molecule has 0 aromatic heterocycles. The maximum Gasteiger partial charge on any atom is 0.255 e. The molecule has 0 saturated carbocycles. The Kier molecular flexibility index (Phi) is 5.55. The molecule has 0 radical (unpaired) electrons.